The summed E-state index contributed by atoms with van der Waals surface area (Å²) in [6, 6.07) is 5.21. The quantitative estimate of drug-likeness (QED) is 0.126. The van der Waals surface area contributed by atoms with Crippen molar-refractivity contribution in [3.05, 3.63) is 152 Å². The van der Waals surface area contributed by atoms with Crippen LogP contribution in [0.1, 0.15) is 84.2 Å². The van der Waals surface area contributed by atoms with Gasteiger partial charge in [0.2, 0.25) is 0 Å². The lowest BCUT2D eigenvalue weighted by molar-refractivity contribution is -0.0535. The Labute approximate surface area is 423 Å². The molecule has 12 rings (SSSR count). The molecule has 7 aliphatic heterocycles. The number of benzene rings is 3. The number of rotatable bonds is 6. The molecule has 0 aliphatic carbocycles. The molecule has 7 aliphatic rings. The Balaban J connectivity index is 0.000000136. The van der Waals surface area contributed by atoms with Crippen LogP contribution in [0, 0.1) is 46.5 Å². The van der Waals surface area contributed by atoms with Gasteiger partial charge in [-0.3, -0.25) is 29.1 Å². The zero-order valence-corrected chi connectivity index (χ0v) is 40.2. The van der Waals surface area contributed by atoms with Gasteiger partial charge in [0.05, 0.1) is 50.1 Å². The maximum absolute atomic E-state index is 14.0. The second-order valence-electron chi connectivity index (χ2n) is 20.0. The average Bonchev–Trinajstić information content (AvgIpc) is 4.23. The van der Waals surface area contributed by atoms with E-state index in [9.17, 15) is 35.1 Å². The third kappa shape index (κ3) is 10.8. The highest BCUT2D eigenvalue weighted by Crippen LogP contribution is 2.38. The van der Waals surface area contributed by atoms with Crippen LogP contribution >= 0.6 is 0 Å². The first-order chi connectivity index (χ1) is 35.0. The zero-order chi connectivity index (χ0) is 51.4. The minimum absolute atomic E-state index is 0. The van der Waals surface area contributed by atoms with Gasteiger partial charge in [0.15, 0.2) is 23.3 Å². The maximum Gasteiger partial charge on any atom is 0.161 e. The molecule has 0 radical (unpaired) electrons. The minimum atomic E-state index is -1.22. The van der Waals surface area contributed by atoms with Gasteiger partial charge in [-0.15, -0.1) is 0 Å². The van der Waals surface area contributed by atoms with Crippen molar-refractivity contribution in [1.82, 2.24) is 34.3 Å². The summed E-state index contributed by atoms with van der Waals surface area (Å²) in [6.07, 6.45) is 5.40. The number of hydrogen-bond acceptors (Lipinski definition) is 12. The molecule has 22 heteroatoms. The fourth-order valence-corrected chi connectivity index (χ4v) is 11.2. The number of nitrogens with two attached hydrogens (primary N) is 3. The second-order valence-corrected chi connectivity index (χ2v) is 20.0. The number of fused-ring (bicyclic) bond motifs is 2. The Morgan fingerprint density at radius 3 is 1.34 bits per heavy atom. The lowest BCUT2D eigenvalue weighted by Gasteiger charge is -2.39. The molecular weight excluding hydrogens is 979 g/mol. The van der Waals surface area contributed by atoms with Gasteiger partial charge in [0.1, 0.15) is 41.6 Å². The van der Waals surface area contributed by atoms with E-state index in [2.05, 4.69) is 29.9 Å². The van der Waals surface area contributed by atoms with E-state index in [-0.39, 0.29) is 48.3 Å². The van der Waals surface area contributed by atoms with Crippen molar-refractivity contribution < 1.29 is 49.3 Å². The number of halogens is 8. The molecule has 0 spiro atoms. The van der Waals surface area contributed by atoms with E-state index in [0.29, 0.717) is 51.2 Å². The van der Waals surface area contributed by atoms with Crippen LogP contribution in [0.3, 0.4) is 0 Å². The zero-order valence-electron chi connectivity index (χ0n) is 40.2. The molecule has 3 saturated heterocycles. The van der Waals surface area contributed by atoms with Crippen LogP contribution in [0.4, 0.5) is 35.1 Å². The molecule has 0 saturated carbocycles. The molecule has 3 fully saturated rings. The minimum Gasteiger partial charge on any atom is -0.370 e. The van der Waals surface area contributed by atoms with Crippen LogP contribution < -0.4 is 17.2 Å². The summed E-state index contributed by atoms with van der Waals surface area (Å²) in [5, 5.41) is 8.47. The van der Waals surface area contributed by atoms with Gasteiger partial charge in [-0.05, 0) is 60.7 Å². The number of aliphatic imine (C=N–C) groups is 1. The molecule has 6 N–H and O–H groups in total. The molecule has 0 amide bonds. The topological polar surface area (TPSA) is 163 Å². The van der Waals surface area contributed by atoms with E-state index in [1.54, 1.807) is 0 Å². The molecule has 9 heterocycles. The summed E-state index contributed by atoms with van der Waals surface area (Å²) >= 11 is 0. The highest BCUT2D eigenvalue weighted by molar-refractivity contribution is 5.84. The highest BCUT2D eigenvalue weighted by atomic mass is 19.2. The smallest absolute Gasteiger partial charge is 0.161 e. The third-order valence-corrected chi connectivity index (χ3v) is 15.2. The van der Waals surface area contributed by atoms with Crippen LogP contribution in [0.5, 0.6) is 0 Å². The normalized spacial score (nSPS) is 27.8. The molecule has 74 heavy (non-hydrogen) atoms. The fourth-order valence-electron chi connectivity index (χ4n) is 11.2. The van der Waals surface area contributed by atoms with E-state index >= 15 is 0 Å². The van der Waals surface area contributed by atoms with Gasteiger partial charge in [-0.2, -0.15) is 10.2 Å². The first-order valence-corrected chi connectivity index (χ1v) is 24.3. The fraction of sp³-hybridized carbons (Fsp3) is 0.481. The van der Waals surface area contributed by atoms with Crippen LogP contribution in [0.15, 0.2) is 71.0 Å². The van der Waals surface area contributed by atoms with Gasteiger partial charge >= 0.3 is 0 Å². The first-order valence-electron chi connectivity index (χ1n) is 24.3. The monoisotopic (exact) mass is 1040 g/mol. The van der Waals surface area contributed by atoms with Crippen molar-refractivity contribution in [2.45, 2.75) is 107 Å². The second kappa shape index (κ2) is 22.0. The largest absolute Gasteiger partial charge is 0.370 e. The highest BCUT2D eigenvalue weighted by Gasteiger charge is 2.40. The number of aryl methyl sites for hydroxylation is 2. The summed E-state index contributed by atoms with van der Waals surface area (Å²) in [5.74, 6) is -7.25. The van der Waals surface area contributed by atoms with Crippen LogP contribution in [0.2, 0.25) is 0 Å². The summed E-state index contributed by atoms with van der Waals surface area (Å²) in [4.78, 5) is 11.1. The molecule has 14 nitrogen and oxygen atoms in total. The van der Waals surface area contributed by atoms with Gasteiger partial charge in [-0.25, -0.2) is 35.1 Å². The van der Waals surface area contributed by atoms with Gasteiger partial charge < -0.3 is 31.4 Å². The predicted molar refractivity (Wildman–Crippen MR) is 258 cm³/mol. The maximum atomic E-state index is 14.0. The Morgan fingerprint density at radius 1 is 0.500 bits per heavy atom. The van der Waals surface area contributed by atoms with Crippen LogP contribution in [-0.4, -0.2) is 116 Å². The standard InChI is InChI=1S/2C17H19F3N4O.C17H19F2N3O.CH4/c2*1-23-16-7-24(6-9(16)5-22-23)10-2-15(21)17(25-8-10)11-3-13(19)14(20)4-12(11)18;18-12-1-2-15(19)14(3-12)17-16(20)4-13(9-23-17)22-7-10-5-21-6-11(10)8-22;/h2*3-5,10,15,17H,2,6-8,21H2,1H3;1-3,5,13,16-17H,4,6-9,20H2;1H4/t2*10?,15-,17+;13?,16-,17+;/m000./s1. The van der Waals surface area contributed by atoms with E-state index in [1.807, 2.05) is 42.1 Å². The molecule has 5 aromatic rings. The molecule has 0 bridgehead atoms. The predicted octanol–water partition coefficient (Wildman–Crippen LogP) is 6.48. The molecule has 398 valence electrons. The molecule has 9 atom stereocenters. The Bertz CT molecular complexity index is 2780. The average molecular weight is 1040 g/mol. The van der Waals surface area contributed by atoms with E-state index in [0.717, 1.165) is 70.1 Å². The van der Waals surface area contributed by atoms with Crippen LogP contribution in [0.25, 0.3) is 0 Å². The number of hydrogen-bond donors (Lipinski definition) is 3. The van der Waals surface area contributed by atoms with Crippen molar-refractivity contribution >= 4 is 6.21 Å². The summed E-state index contributed by atoms with van der Waals surface area (Å²) in [6.45, 7) is 6.83. The van der Waals surface area contributed by atoms with Crippen LogP contribution in [-0.2, 0) is 54.5 Å². The lowest BCUT2D eigenvalue weighted by Crippen LogP contribution is -2.49. The van der Waals surface area contributed by atoms with E-state index in [1.165, 1.54) is 39.7 Å². The first kappa shape index (κ1) is 53.4. The molecular formula is C52H61F8N11O3. The molecule has 2 aromatic heterocycles. The number of ether oxygens (including phenoxy) is 3. The Morgan fingerprint density at radius 2 is 0.919 bits per heavy atom. The SMILES string of the molecule is C.Cn1ncc2c1CN(C1CO[C@H](c3cc(F)c(F)cc3F)[C@@H](N)C1)C2.Cn1ncc2c1CN(C1CO[C@H](c3cc(F)c(F)cc3F)[C@@H](N)C1)C2.N[C@H]1CC(N2CC3=C(CN=C3)C2)CO[C@@H]1c1cc(F)ccc1F. The van der Waals surface area contributed by atoms with E-state index < -0.39 is 76.9 Å². The summed E-state index contributed by atoms with van der Waals surface area (Å²) in [7, 11) is 3.82. The Hall–Kier alpha value is -5.43. The van der Waals surface area contributed by atoms with E-state index in [4.69, 9.17) is 31.4 Å². The van der Waals surface area contributed by atoms with Crippen molar-refractivity contribution in [2.75, 3.05) is 39.5 Å². The molecule has 3 aromatic carbocycles. The van der Waals surface area contributed by atoms with Crippen molar-refractivity contribution in [1.29, 1.82) is 0 Å². The summed E-state index contributed by atoms with van der Waals surface area (Å²) < 4.78 is 130. The number of aromatic nitrogens is 4. The lowest BCUT2D eigenvalue weighted by atomic mass is 9.93. The van der Waals surface area contributed by atoms with Crippen molar-refractivity contribution in [3.63, 3.8) is 0 Å². The van der Waals surface area contributed by atoms with Crippen molar-refractivity contribution in [2.24, 2.45) is 36.3 Å². The number of nitrogens with zero attached hydrogens (tertiary/aromatic N) is 8. The van der Waals surface area contributed by atoms with Gasteiger partial charge in [0, 0.05) is 136 Å². The third-order valence-electron chi connectivity index (χ3n) is 15.2. The van der Waals surface area contributed by atoms with Crippen molar-refractivity contribution in [3.8, 4) is 0 Å². The Kier molecular flexibility index (Phi) is 15.9. The summed E-state index contributed by atoms with van der Waals surface area (Å²) in [5.41, 5.74) is 26.1. The molecule has 3 unspecified atom stereocenters. The van der Waals surface area contributed by atoms with Gasteiger partial charge in [0.25, 0.3) is 0 Å². The van der Waals surface area contributed by atoms with Gasteiger partial charge in [-0.1, -0.05) is 7.43 Å².